The van der Waals surface area contributed by atoms with E-state index in [0.29, 0.717) is 19.3 Å². The molecule has 5 N–H and O–H groups in total. The van der Waals surface area contributed by atoms with Gasteiger partial charge in [-0.3, -0.25) is 4.79 Å². The first-order chi connectivity index (χ1) is 22.0. The van der Waals surface area contributed by atoms with Gasteiger partial charge in [-0.05, 0) is 45.4 Å². The van der Waals surface area contributed by atoms with Crippen molar-refractivity contribution in [2.45, 2.75) is 212 Å². The molecular weight excluding hydrogens is 562 g/mol. The highest BCUT2D eigenvalue weighted by Crippen LogP contribution is 2.16. The van der Waals surface area contributed by atoms with E-state index in [1.165, 1.54) is 116 Å². The summed E-state index contributed by atoms with van der Waals surface area (Å²) in [5.74, 6) is -0.600. The molecule has 0 spiro atoms. The Balaban J connectivity index is 3.69. The molecule has 0 rings (SSSR count). The van der Waals surface area contributed by atoms with Gasteiger partial charge in [-0.2, -0.15) is 0 Å². The number of amides is 1. The Hall–Kier alpha value is -1.21. The van der Waals surface area contributed by atoms with Crippen LogP contribution in [-0.2, 0) is 4.79 Å². The van der Waals surface area contributed by atoms with Crippen molar-refractivity contribution in [3.8, 4) is 0 Å². The fourth-order valence-corrected chi connectivity index (χ4v) is 5.90. The van der Waals surface area contributed by atoms with Crippen LogP contribution in [0.2, 0.25) is 0 Å². The summed E-state index contributed by atoms with van der Waals surface area (Å²) in [5.41, 5.74) is 0. The largest absolute Gasteiger partial charge is 0.394 e. The summed E-state index contributed by atoms with van der Waals surface area (Å²) in [6.07, 6.45) is 36.7. The average Bonchev–Trinajstić information content (AvgIpc) is 3.04. The zero-order valence-electron chi connectivity index (χ0n) is 29.6. The second kappa shape index (κ2) is 34.1. The summed E-state index contributed by atoms with van der Waals surface area (Å²) in [4.78, 5) is 12.4. The number of allylic oxidation sites excluding steroid dienone is 4. The minimum absolute atomic E-state index is 0.363. The number of hydrogen-bond donors (Lipinski definition) is 5. The van der Waals surface area contributed by atoms with Crippen molar-refractivity contribution in [2.24, 2.45) is 0 Å². The van der Waals surface area contributed by atoms with Crippen LogP contribution in [0.4, 0.5) is 0 Å². The van der Waals surface area contributed by atoms with Gasteiger partial charge in [0.05, 0.1) is 18.8 Å². The van der Waals surface area contributed by atoms with E-state index in [4.69, 9.17) is 0 Å². The molecule has 0 heterocycles. The fraction of sp³-hybridized carbons (Fsp3) is 0.872. The third-order valence-electron chi connectivity index (χ3n) is 8.99. The lowest BCUT2D eigenvalue weighted by Crippen LogP contribution is -2.53. The topological polar surface area (TPSA) is 110 Å². The Morgan fingerprint density at radius 2 is 1.00 bits per heavy atom. The van der Waals surface area contributed by atoms with Crippen LogP contribution in [0.3, 0.4) is 0 Å². The highest BCUT2D eigenvalue weighted by Gasteiger charge is 2.28. The van der Waals surface area contributed by atoms with Crippen molar-refractivity contribution >= 4 is 5.91 Å². The van der Waals surface area contributed by atoms with E-state index in [2.05, 4.69) is 30.5 Å². The van der Waals surface area contributed by atoms with Gasteiger partial charge in [-0.1, -0.05) is 166 Å². The van der Waals surface area contributed by atoms with E-state index in [9.17, 15) is 25.2 Å². The molecule has 4 atom stereocenters. The van der Waals surface area contributed by atoms with Crippen molar-refractivity contribution in [2.75, 3.05) is 6.61 Å². The molecule has 0 saturated heterocycles. The standard InChI is InChI=1S/C39H75NO5/c1-3-5-7-9-11-13-14-15-16-17-18-19-20-21-22-23-24-25-27-29-31-33-37(43)39(45)40-35(34-41)38(44)36(42)32-30-28-26-12-10-8-6-4-2/h4,6,12,26,35-38,41-44H,3,5,7-11,13-25,27-34H2,1-2H3,(H,40,45)/b6-4+,26-12+. The molecule has 266 valence electrons. The van der Waals surface area contributed by atoms with Crippen LogP contribution in [0.5, 0.6) is 0 Å². The van der Waals surface area contributed by atoms with Crippen LogP contribution in [-0.4, -0.2) is 57.3 Å². The lowest BCUT2D eigenvalue weighted by molar-refractivity contribution is -0.132. The predicted octanol–water partition coefficient (Wildman–Crippen LogP) is 9.23. The van der Waals surface area contributed by atoms with E-state index in [1.54, 1.807) is 0 Å². The van der Waals surface area contributed by atoms with Crippen molar-refractivity contribution in [3.05, 3.63) is 24.3 Å². The second-order valence-corrected chi connectivity index (χ2v) is 13.3. The van der Waals surface area contributed by atoms with Gasteiger partial charge in [0.1, 0.15) is 12.2 Å². The summed E-state index contributed by atoms with van der Waals surface area (Å²) in [7, 11) is 0. The van der Waals surface area contributed by atoms with E-state index in [0.717, 1.165) is 38.5 Å². The van der Waals surface area contributed by atoms with Crippen molar-refractivity contribution in [1.29, 1.82) is 0 Å². The zero-order chi connectivity index (χ0) is 33.2. The van der Waals surface area contributed by atoms with Gasteiger partial charge in [-0.15, -0.1) is 0 Å². The Morgan fingerprint density at radius 3 is 1.44 bits per heavy atom. The van der Waals surface area contributed by atoms with Gasteiger partial charge < -0.3 is 25.7 Å². The first-order valence-corrected chi connectivity index (χ1v) is 19.2. The minimum Gasteiger partial charge on any atom is -0.394 e. The van der Waals surface area contributed by atoms with Crippen LogP contribution in [0.1, 0.15) is 187 Å². The SMILES string of the molecule is C/C=C/CC/C=C/CCCC(O)C(O)C(CO)NC(=O)C(O)CCCCCCCCCCCCCCCCCCCCCCC. The van der Waals surface area contributed by atoms with Gasteiger partial charge in [0.25, 0.3) is 0 Å². The number of rotatable bonds is 34. The van der Waals surface area contributed by atoms with Crippen LogP contribution in [0.25, 0.3) is 0 Å². The first kappa shape index (κ1) is 43.8. The molecule has 0 aliphatic rings. The summed E-state index contributed by atoms with van der Waals surface area (Å²) >= 11 is 0. The Bertz CT molecular complexity index is 682. The maximum atomic E-state index is 12.4. The molecule has 0 radical (unpaired) electrons. The van der Waals surface area contributed by atoms with E-state index < -0.39 is 36.9 Å². The monoisotopic (exact) mass is 638 g/mol. The highest BCUT2D eigenvalue weighted by atomic mass is 16.3. The highest BCUT2D eigenvalue weighted by molar-refractivity contribution is 5.80. The molecule has 6 heteroatoms. The van der Waals surface area contributed by atoms with Crippen LogP contribution >= 0.6 is 0 Å². The maximum Gasteiger partial charge on any atom is 0.249 e. The molecule has 0 aromatic rings. The Labute approximate surface area is 278 Å². The van der Waals surface area contributed by atoms with Crippen molar-refractivity contribution in [3.63, 3.8) is 0 Å². The quantitative estimate of drug-likeness (QED) is 0.0357. The summed E-state index contributed by atoms with van der Waals surface area (Å²) < 4.78 is 0. The lowest BCUT2D eigenvalue weighted by Gasteiger charge is -2.27. The molecule has 0 aliphatic carbocycles. The van der Waals surface area contributed by atoms with Crippen molar-refractivity contribution in [1.82, 2.24) is 5.32 Å². The first-order valence-electron chi connectivity index (χ1n) is 19.2. The number of aliphatic hydroxyl groups is 4. The predicted molar refractivity (Wildman–Crippen MR) is 191 cm³/mol. The second-order valence-electron chi connectivity index (χ2n) is 13.3. The van der Waals surface area contributed by atoms with Crippen LogP contribution in [0, 0.1) is 0 Å². The average molecular weight is 638 g/mol. The third kappa shape index (κ3) is 28.7. The number of hydrogen-bond acceptors (Lipinski definition) is 5. The van der Waals surface area contributed by atoms with Gasteiger partial charge in [0, 0.05) is 0 Å². The molecule has 0 fully saturated rings. The van der Waals surface area contributed by atoms with Crippen LogP contribution in [0.15, 0.2) is 24.3 Å². The molecule has 0 saturated carbocycles. The molecule has 0 bridgehead atoms. The van der Waals surface area contributed by atoms with E-state index in [1.807, 2.05) is 13.0 Å². The molecule has 0 aromatic carbocycles. The number of carbonyl (C=O) groups excluding carboxylic acids is 1. The van der Waals surface area contributed by atoms with Gasteiger partial charge in [-0.25, -0.2) is 0 Å². The molecule has 6 nitrogen and oxygen atoms in total. The number of nitrogens with one attached hydrogen (secondary N) is 1. The van der Waals surface area contributed by atoms with Crippen LogP contribution < -0.4 is 5.32 Å². The van der Waals surface area contributed by atoms with E-state index in [-0.39, 0.29) is 0 Å². The van der Waals surface area contributed by atoms with Gasteiger partial charge >= 0.3 is 0 Å². The smallest absolute Gasteiger partial charge is 0.249 e. The van der Waals surface area contributed by atoms with Gasteiger partial charge in [0.15, 0.2) is 0 Å². The van der Waals surface area contributed by atoms with E-state index >= 15 is 0 Å². The number of unbranched alkanes of at least 4 members (excludes halogenated alkanes) is 22. The molecule has 0 aliphatic heterocycles. The molecular formula is C39H75NO5. The summed E-state index contributed by atoms with van der Waals surface area (Å²) in [5, 5.41) is 43.2. The normalized spacial score (nSPS) is 14.7. The molecule has 0 aromatic heterocycles. The summed E-state index contributed by atoms with van der Waals surface area (Å²) in [6.45, 7) is 3.78. The lowest BCUT2D eigenvalue weighted by atomic mass is 10.00. The zero-order valence-corrected chi connectivity index (χ0v) is 29.6. The van der Waals surface area contributed by atoms with Gasteiger partial charge in [0.2, 0.25) is 5.91 Å². The molecule has 45 heavy (non-hydrogen) atoms. The minimum atomic E-state index is -1.28. The number of aliphatic hydroxyl groups excluding tert-OH is 4. The Morgan fingerprint density at radius 1 is 0.578 bits per heavy atom. The van der Waals surface area contributed by atoms with Crippen molar-refractivity contribution < 1.29 is 25.2 Å². The fourth-order valence-electron chi connectivity index (χ4n) is 5.90. The number of carbonyl (C=O) groups is 1. The Kier molecular flexibility index (Phi) is 33.2. The summed E-state index contributed by atoms with van der Waals surface area (Å²) in [6, 6.07) is -1.00. The molecule has 4 unspecified atom stereocenters. The maximum absolute atomic E-state index is 12.4. The third-order valence-corrected chi connectivity index (χ3v) is 8.99. The molecule has 1 amide bonds.